The van der Waals surface area contributed by atoms with Crippen molar-refractivity contribution < 1.29 is 9.90 Å². The Balaban J connectivity index is 2.10. The lowest BCUT2D eigenvalue weighted by Gasteiger charge is -1.89. The van der Waals surface area contributed by atoms with Crippen LogP contribution in [0.4, 0.5) is 0 Å². The summed E-state index contributed by atoms with van der Waals surface area (Å²) in [5, 5.41) is 8.66. The summed E-state index contributed by atoms with van der Waals surface area (Å²) in [5.41, 5.74) is 0. The van der Waals surface area contributed by atoms with Crippen LogP contribution in [0.3, 0.4) is 0 Å². The van der Waals surface area contributed by atoms with Crippen LogP contribution in [-0.2, 0) is 4.79 Å². The highest BCUT2D eigenvalue weighted by Crippen LogP contribution is 2.50. The van der Waals surface area contributed by atoms with Gasteiger partial charge in [0.25, 0.3) is 0 Å². The summed E-state index contributed by atoms with van der Waals surface area (Å²) in [7, 11) is 0. The van der Waals surface area contributed by atoms with Gasteiger partial charge in [0.15, 0.2) is 0 Å². The lowest BCUT2D eigenvalue weighted by molar-refractivity contribution is -0.138. The molecule has 64 valence electrons. The van der Waals surface area contributed by atoms with Crippen molar-refractivity contribution in [2.24, 2.45) is 5.92 Å². The third-order valence-electron chi connectivity index (χ3n) is 2.07. The molecule has 1 N–H and O–H groups in total. The third kappa shape index (κ3) is 1.34. The highest BCUT2D eigenvalue weighted by molar-refractivity contribution is 7.16. The van der Waals surface area contributed by atoms with E-state index < -0.39 is 5.97 Å². The van der Waals surface area contributed by atoms with Crippen LogP contribution in [0.15, 0.2) is 12.1 Å². The molecule has 12 heavy (non-hydrogen) atoms. The molecule has 2 atom stereocenters. The SMILES string of the molecule is O=C(O)[C@@H]1C[C@@H]1c1ccc(Cl)s1. The molecule has 4 heteroatoms. The minimum atomic E-state index is -0.690. The van der Waals surface area contributed by atoms with E-state index in [4.69, 9.17) is 16.7 Å². The van der Waals surface area contributed by atoms with Crippen LogP contribution in [0.2, 0.25) is 4.34 Å². The normalized spacial score (nSPS) is 27.1. The highest BCUT2D eigenvalue weighted by atomic mass is 35.5. The van der Waals surface area contributed by atoms with Crippen molar-refractivity contribution in [2.75, 3.05) is 0 Å². The second-order valence-corrected chi connectivity index (χ2v) is 4.68. The zero-order chi connectivity index (χ0) is 8.72. The van der Waals surface area contributed by atoms with Crippen LogP contribution in [-0.4, -0.2) is 11.1 Å². The van der Waals surface area contributed by atoms with Gasteiger partial charge in [-0.1, -0.05) is 11.6 Å². The average molecular weight is 203 g/mol. The van der Waals surface area contributed by atoms with E-state index >= 15 is 0 Å². The van der Waals surface area contributed by atoms with Crippen LogP contribution >= 0.6 is 22.9 Å². The van der Waals surface area contributed by atoms with Gasteiger partial charge in [-0.3, -0.25) is 4.79 Å². The van der Waals surface area contributed by atoms with Gasteiger partial charge in [-0.25, -0.2) is 0 Å². The monoisotopic (exact) mass is 202 g/mol. The lowest BCUT2D eigenvalue weighted by atomic mass is 10.3. The molecule has 1 aromatic heterocycles. The Morgan fingerprint density at radius 1 is 1.67 bits per heavy atom. The fourth-order valence-electron chi connectivity index (χ4n) is 1.31. The van der Waals surface area contributed by atoms with E-state index in [1.54, 1.807) is 0 Å². The molecule has 1 aliphatic rings. The van der Waals surface area contributed by atoms with Crippen molar-refractivity contribution in [2.45, 2.75) is 12.3 Å². The fourth-order valence-corrected chi connectivity index (χ4v) is 2.55. The maximum absolute atomic E-state index is 10.5. The molecule has 0 spiro atoms. The molecule has 0 bridgehead atoms. The first-order valence-corrected chi connectivity index (χ1v) is 4.86. The van der Waals surface area contributed by atoms with E-state index in [0.717, 1.165) is 15.6 Å². The molecule has 0 radical (unpaired) electrons. The molecule has 1 aliphatic carbocycles. The molecule has 1 heterocycles. The summed E-state index contributed by atoms with van der Waals surface area (Å²) in [5.74, 6) is -0.635. The largest absolute Gasteiger partial charge is 0.481 e. The van der Waals surface area contributed by atoms with E-state index in [2.05, 4.69) is 0 Å². The fraction of sp³-hybridized carbons (Fsp3) is 0.375. The molecule has 1 saturated carbocycles. The zero-order valence-corrected chi connectivity index (χ0v) is 7.73. The minimum absolute atomic E-state index is 0.167. The number of hydrogen-bond donors (Lipinski definition) is 1. The summed E-state index contributed by atoms with van der Waals surface area (Å²) in [4.78, 5) is 11.6. The van der Waals surface area contributed by atoms with Crippen molar-refractivity contribution in [3.8, 4) is 0 Å². The van der Waals surface area contributed by atoms with E-state index in [-0.39, 0.29) is 11.8 Å². The van der Waals surface area contributed by atoms with E-state index in [9.17, 15) is 4.79 Å². The standard InChI is InChI=1S/C8H7ClO2S/c9-7-2-1-6(12-7)4-3-5(4)8(10)11/h1-2,4-5H,3H2,(H,10,11)/t4-,5+/m0/s1. The third-order valence-corrected chi connectivity index (χ3v) is 3.43. The van der Waals surface area contributed by atoms with Crippen LogP contribution in [0.5, 0.6) is 0 Å². The first-order chi connectivity index (χ1) is 5.68. The van der Waals surface area contributed by atoms with Gasteiger partial charge in [0.1, 0.15) is 0 Å². The predicted molar refractivity (Wildman–Crippen MR) is 47.8 cm³/mol. The van der Waals surface area contributed by atoms with Crippen LogP contribution in [0.1, 0.15) is 17.2 Å². The van der Waals surface area contributed by atoms with Crippen LogP contribution < -0.4 is 0 Å². The second-order valence-electron chi connectivity index (χ2n) is 2.93. The Morgan fingerprint density at radius 2 is 2.42 bits per heavy atom. The summed E-state index contributed by atoms with van der Waals surface area (Å²) in [6.07, 6.45) is 0.770. The summed E-state index contributed by atoms with van der Waals surface area (Å²) >= 11 is 7.21. The molecule has 2 nitrogen and oxygen atoms in total. The van der Waals surface area contributed by atoms with E-state index in [0.29, 0.717) is 0 Å². The van der Waals surface area contributed by atoms with Crippen molar-refractivity contribution >= 4 is 28.9 Å². The average Bonchev–Trinajstić information content (AvgIpc) is 2.70. The van der Waals surface area contributed by atoms with Gasteiger partial charge in [0.05, 0.1) is 10.3 Å². The van der Waals surface area contributed by atoms with Crippen LogP contribution in [0.25, 0.3) is 0 Å². The van der Waals surface area contributed by atoms with Crippen LogP contribution in [0, 0.1) is 5.92 Å². The molecule has 1 fully saturated rings. The Bertz CT molecular complexity index is 321. The summed E-state index contributed by atoms with van der Waals surface area (Å²) < 4.78 is 0.737. The number of carboxylic acids is 1. The molecule has 0 unspecified atom stereocenters. The molecule has 0 amide bonds. The molecule has 0 saturated heterocycles. The first-order valence-electron chi connectivity index (χ1n) is 3.66. The number of halogens is 1. The topological polar surface area (TPSA) is 37.3 Å². The van der Waals surface area contributed by atoms with Gasteiger partial charge in [-0.15, -0.1) is 11.3 Å². The predicted octanol–water partition coefficient (Wildman–Crippen LogP) is 2.59. The van der Waals surface area contributed by atoms with E-state index in [1.165, 1.54) is 11.3 Å². The summed E-state index contributed by atoms with van der Waals surface area (Å²) in [6, 6.07) is 3.74. The summed E-state index contributed by atoms with van der Waals surface area (Å²) in [6.45, 7) is 0. The zero-order valence-electron chi connectivity index (χ0n) is 6.16. The van der Waals surface area contributed by atoms with Gasteiger partial charge < -0.3 is 5.11 Å². The molecule has 2 rings (SSSR count). The van der Waals surface area contributed by atoms with Gasteiger partial charge in [-0.2, -0.15) is 0 Å². The minimum Gasteiger partial charge on any atom is -0.481 e. The first kappa shape index (κ1) is 8.08. The number of carbonyl (C=O) groups is 1. The molecular weight excluding hydrogens is 196 g/mol. The number of rotatable bonds is 2. The number of aliphatic carboxylic acids is 1. The number of hydrogen-bond acceptors (Lipinski definition) is 2. The number of thiophene rings is 1. The Kier molecular flexibility index (Phi) is 1.85. The van der Waals surface area contributed by atoms with Gasteiger partial charge in [-0.05, 0) is 18.6 Å². The van der Waals surface area contributed by atoms with Crippen molar-refractivity contribution in [1.82, 2.24) is 0 Å². The molecule has 1 aromatic rings. The Morgan fingerprint density at radius 3 is 2.83 bits per heavy atom. The van der Waals surface area contributed by atoms with Gasteiger partial charge in [0.2, 0.25) is 0 Å². The smallest absolute Gasteiger partial charge is 0.307 e. The van der Waals surface area contributed by atoms with Crippen molar-refractivity contribution in [3.63, 3.8) is 0 Å². The Hall–Kier alpha value is -0.540. The van der Waals surface area contributed by atoms with Crippen molar-refractivity contribution in [3.05, 3.63) is 21.3 Å². The quantitative estimate of drug-likeness (QED) is 0.801. The highest BCUT2D eigenvalue weighted by Gasteiger charge is 2.44. The Labute approximate surface area is 78.8 Å². The maximum atomic E-state index is 10.5. The molecular formula is C8H7ClO2S. The molecule has 0 aromatic carbocycles. The van der Waals surface area contributed by atoms with Crippen molar-refractivity contribution in [1.29, 1.82) is 0 Å². The molecule has 0 aliphatic heterocycles. The lowest BCUT2D eigenvalue weighted by Crippen LogP contribution is -1.97. The maximum Gasteiger partial charge on any atom is 0.307 e. The van der Waals surface area contributed by atoms with E-state index in [1.807, 2.05) is 12.1 Å². The van der Waals surface area contributed by atoms with Gasteiger partial charge in [0, 0.05) is 10.8 Å². The second kappa shape index (κ2) is 2.75. The number of carboxylic acid groups (broad SMARTS) is 1. The van der Waals surface area contributed by atoms with Gasteiger partial charge >= 0.3 is 5.97 Å².